The van der Waals surface area contributed by atoms with E-state index < -0.39 is 23.4 Å². The molecule has 0 aromatic heterocycles. The van der Waals surface area contributed by atoms with Gasteiger partial charge in [0.2, 0.25) is 5.91 Å². The minimum absolute atomic E-state index is 0.247. The summed E-state index contributed by atoms with van der Waals surface area (Å²) in [5.74, 6) is -1.89. The predicted molar refractivity (Wildman–Crippen MR) is 59.1 cm³/mol. The van der Waals surface area contributed by atoms with Crippen molar-refractivity contribution < 1.29 is 19.5 Å². The monoisotopic (exact) mass is 243 g/mol. The third kappa shape index (κ3) is 3.08. The van der Waals surface area contributed by atoms with Crippen LogP contribution >= 0.6 is 0 Å². The van der Waals surface area contributed by atoms with Crippen molar-refractivity contribution in [3.8, 4) is 0 Å². The lowest BCUT2D eigenvalue weighted by Gasteiger charge is -2.25. The van der Waals surface area contributed by atoms with Crippen LogP contribution in [0.4, 0.5) is 4.79 Å². The number of hydrogen-bond acceptors (Lipinski definition) is 3. The van der Waals surface area contributed by atoms with E-state index in [0.717, 1.165) is 0 Å². The standard InChI is InChI=1S/C10H17N3O4/c1-10(2,8(15)16)12-9(17)13-4-3-6(5-13)7(11)14/h6H,3-5H2,1-2H3,(H2,11,14)(H,12,17)(H,15,16). The summed E-state index contributed by atoms with van der Waals surface area (Å²) in [6, 6.07) is -0.485. The first-order chi connectivity index (χ1) is 7.74. The minimum atomic E-state index is -1.33. The Kier molecular flexibility index (Phi) is 3.59. The molecule has 7 heteroatoms. The lowest BCUT2D eigenvalue weighted by atomic mass is 10.1. The first-order valence-corrected chi connectivity index (χ1v) is 5.34. The van der Waals surface area contributed by atoms with Crippen LogP contribution in [-0.2, 0) is 9.59 Å². The summed E-state index contributed by atoms with van der Waals surface area (Å²) in [6.07, 6.45) is 0.524. The number of hydrogen-bond donors (Lipinski definition) is 3. The van der Waals surface area contributed by atoms with E-state index in [1.165, 1.54) is 18.7 Å². The molecular weight excluding hydrogens is 226 g/mol. The normalized spacial score (nSPS) is 20.1. The van der Waals surface area contributed by atoms with Gasteiger partial charge in [0, 0.05) is 13.1 Å². The van der Waals surface area contributed by atoms with Gasteiger partial charge in [0.25, 0.3) is 0 Å². The number of carbonyl (C=O) groups excluding carboxylic acids is 2. The highest BCUT2D eigenvalue weighted by molar-refractivity contribution is 5.86. The number of nitrogens with one attached hydrogen (secondary N) is 1. The number of amides is 3. The second-order valence-corrected chi connectivity index (χ2v) is 4.69. The summed E-state index contributed by atoms with van der Waals surface area (Å²) in [5, 5.41) is 11.3. The van der Waals surface area contributed by atoms with Gasteiger partial charge in [0.05, 0.1) is 5.92 Å². The van der Waals surface area contributed by atoms with Crippen molar-refractivity contribution in [1.29, 1.82) is 0 Å². The van der Waals surface area contributed by atoms with E-state index in [1.54, 1.807) is 0 Å². The fraction of sp³-hybridized carbons (Fsp3) is 0.700. The number of aliphatic carboxylic acids is 1. The van der Waals surface area contributed by atoms with Gasteiger partial charge in [-0.2, -0.15) is 0 Å². The van der Waals surface area contributed by atoms with Crippen LogP contribution in [0.25, 0.3) is 0 Å². The van der Waals surface area contributed by atoms with Gasteiger partial charge in [0.15, 0.2) is 0 Å². The smallest absolute Gasteiger partial charge is 0.328 e. The molecule has 1 unspecified atom stereocenters. The Balaban J connectivity index is 2.56. The van der Waals surface area contributed by atoms with E-state index in [0.29, 0.717) is 13.0 Å². The highest BCUT2D eigenvalue weighted by Crippen LogP contribution is 2.16. The topological polar surface area (TPSA) is 113 Å². The molecule has 0 aromatic carbocycles. The molecule has 0 spiro atoms. The minimum Gasteiger partial charge on any atom is -0.480 e. The van der Waals surface area contributed by atoms with Gasteiger partial charge >= 0.3 is 12.0 Å². The van der Waals surface area contributed by atoms with Crippen LogP contribution in [0.15, 0.2) is 0 Å². The zero-order chi connectivity index (χ0) is 13.2. The summed E-state index contributed by atoms with van der Waals surface area (Å²) in [5.41, 5.74) is 3.81. The van der Waals surface area contributed by atoms with Crippen LogP contribution in [-0.4, -0.2) is 46.5 Å². The zero-order valence-corrected chi connectivity index (χ0v) is 9.90. The van der Waals surface area contributed by atoms with Gasteiger partial charge in [-0.25, -0.2) is 9.59 Å². The largest absolute Gasteiger partial charge is 0.480 e. The maximum Gasteiger partial charge on any atom is 0.328 e. The lowest BCUT2D eigenvalue weighted by Crippen LogP contribution is -2.53. The van der Waals surface area contributed by atoms with Crippen molar-refractivity contribution in [3.05, 3.63) is 0 Å². The number of carboxylic acids is 1. The van der Waals surface area contributed by atoms with E-state index in [-0.39, 0.29) is 12.5 Å². The van der Waals surface area contributed by atoms with Crippen LogP contribution in [0.1, 0.15) is 20.3 Å². The number of carbonyl (C=O) groups is 3. The highest BCUT2D eigenvalue weighted by Gasteiger charge is 2.34. The molecule has 4 N–H and O–H groups in total. The average Bonchev–Trinajstić information content (AvgIpc) is 2.65. The third-order valence-corrected chi connectivity index (χ3v) is 2.83. The van der Waals surface area contributed by atoms with Crippen molar-refractivity contribution in [1.82, 2.24) is 10.2 Å². The van der Waals surface area contributed by atoms with Crippen LogP contribution in [0, 0.1) is 5.92 Å². The van der Waals surface area contributed by atoms with Crippen molar-refractivity contribution >= 4 is 17.9 Å². The van der Waals surface area contributed by atoms with Gasteiger partial charge in [-0.15, -0.1) is 0 Å². The zero-order valence-electron chi connectivity index (χ0n) is 9.90. The van der Waals surface area contributed by atoms with Crippen LogP contribution < -0.4 is 11.1 Å². The molecule has 1 atom stereocenters. The molecule has 1 aliphatic rings. The Morgan fingerprint density at radius 2 is 2.00 bits per heavy atom. The molecule has 0 aromatic rings. The number of nitrogens with zero attached hydrogens (tertiary/aromatic N) is 1. The van der Waals surface area contributed by atoms with Crippen LogP contribution in [0.5, 0.6) is 0 Å². The first-order valence-electron chi connectivity index (χ1n) is 5.34. The molecule has 3 amide bonds. The summed E-state index contributed by atoms with van der Waals surface area (Å²) >= 11 is 0. The molecule has 1 saturated heterocycles. The van der Waals surface area contributed by atoms with E-state index in [1.807, 2.05) is 0 Å². The maximum atomic E-state index is 11.7. The molecule has 1 heterocycles. The second-order valence-electron chi connectivity index (χ2n) is 4.69. The van der Waals surface area contributed by atoms with Crippen LogP contribution in [0.2, 0.25) is 0 Å². The lowest BCUT2D eigenvalue weighted by molar-refractivity contribution is -0.143. The summed E-state index contributed by atoms with van der Waals surface area (Å²) in [7, 11) is 0. The molecule has 0 bridgehead atoms. The average molecular weight is 243 g/mol. The Labute approximate surface area is 98.9 Å². The third-order valence-electron chi connectivity index (χ3n) is 2.83. The quantitative estimate of drug-likeness (QED) is 0.612. The van der Waals surface area contributed by atoms with Gasteiger partial charge in [0.1, 0.15) is 5.54 Å². The van der Waals surface area contributed by atoms with E-state index in [9.17, 15) is 14.4 Å². The van der Waals surface area contributed by atoms with Crippen molar-refractivity contribution in [2.75, 3.05) is 13.1 Å². The Hall–Kier alpha value is -1.79. The fourth-order valence-electron chi connectivity index (χ4n) is 1.58. The number of urea groups is 1. The van der Waals surface area contributed by atoms with Gasteiger partial charge < -0.3 is 21.1 Å². The number of likely N-dealkylation sites (tertiary alicyclic amines) is 1. The summed E-state index contributed by atoms with van der Waals surface area (Å²) in [4.78, 5) is 34.9. The Morgan fingerprint density at radius 3 is 2.41 bits per heavy atom. The van der Waals surface area contributed by atoms with Gasteiger partial charge in [-0.05, 0) is 20.3 Å². The van der Waals surface area contributed by atoms with Crippen molar-refractivity contribution in [3.63, 3.8) is 0 Å². The molecule has 7 nitrogen and oxygen atoms in total. The fourth-order valence-corrected chi connectivity index (χ4v) is 1.58. The molecule has 0 saturated carbocycles. The summed E-state index contributed by atoms with van der Waals surface area (Å²) in [6.45, 7) is 3.45. The van der Waals surface area contributed by atoms with Gasteiger partial charge in [-0.3, -0.25) is 4.79 Å². The molecular formula is C10H17N3O4. The molecule has 96 valence electrons. The predicted octanol–water partition coefficient (Wildman–Crippen LogP) is -0.634. The number of carboxylic acid groups (broad SMARTS) is 1. The molecule has 17 heavy (non-hydrogen) atoms. The Morgan fingerprint density at radius 1 is 1.41 bits per heavy atom. The van der Waals surface area contributed by atoms with Gasteiger partial charge in [-0.1, -0.05) is 0 Å². The number of primary amides is 1. The molecule has 0 radical (unpaired) electrons. The molecule has 1 fully saturated rings. The maximum absolute atomic E-state index is 11.7. The molecule has 1 aliphatic heterocycles. The molecule has 0 aliphatic carbocycles. The Bertz CT molecular complexity index is 353. The first kappa shape index (κ1) is 13.3. The SMILES string of the molecule is CC(C)(NC(=O)N1CCC(C(N)=O)C1)C(=O)O. The number of rotatable bonds is 3. The van der Waals surface area contributed by atoms with Crippen molar-refractivity contribution in [2.45, 2.75) is 25.8 Å². The van der Waals surface area contributed by atoms with Crippen molar-refractivity contribution in [2.24, 2.45) is 11.7 Å². The molecule has 1 rings (SSSR count). The van der Waals surface area contributed by atoms with E-state index in [4.69, 9.17) is 10.8 Å². The summed E-state index contributed by atoms with van der Waals surface area (Å²) < 4.78 is 0. The second kappa shape index (κ2) is 4.60. The van der Waals surface area contributed by atoms with E-state index >= 15 is 0 Å². The number of nitrogens with two attached hydrogens (primary N) is 1. The van der Waals surface area contributed by atoms with E-state index in [2.05, 4.69) is 5.32 Å². The highest BCUT2D eigenvalue weighted by atomic mass is 16.4. The van der Waals surface area contributed by atoms with Crippen LogP contribution in [0.3, 0.4) is 0 Å².